The van der Waals surface area contributed by atoms with E-state index in [-0.39, 0.29) is 11.6 Å². The predicted molar refractivity (Wildman–Crippen MR) is 61.7 cm³/mol. The van der Waals surface area contributed by atoms with Gasteiger partial charge in [-0.05, 0) is 30.7 Å². The van der Waals surface area contributed by atoms with Crippen molar-refractivity contribution in [2.45, 2.75) is 6.92 Å². The number of hydrogen-bond donors (Lipinski definition) is 3. The van der Waals surface area contributed by atoms with Gasteiger partial charge in [0.05, 0.1) is 0 Å². The Morgan fingerprint density at radius 1 is 1.31 bits per heavy atom. The average Bonchev–Trinajstić information content (AvgIpc) is 2.32. The van der Waals surface area contributed by atoms with Gasteiger partial charge < -0.3 is 10.5 Å². The quantitative estimate of drug-likeness (QED) is 0.522. The molecule has 2 aromatic heterocycles. The highest BCUT2D eigenvalue weighted by Crippen LogP contribution is 2.29. The molecular weight excluding hydrogens is 204 g/mol. The van der Waals surface area contributed by atoms with Gasteiger partial charge in [0.15, 0.2) is 11.6 Å². The molecule has 5 nitrogen and oxygen atoms in total. The number of aromatic nitrogens is 2. The van der Waals surface area contributed by atoms with Crippen LogP contribution in [0.3, 0.4) is 0 Å². The van der Waals surface area contributed by atoms with Crippen molar-refractivity contribution in [3.63, 3.8) is 0 Å². The second-order valence-electron chi connectivity index (χ2n) is 3.37. The van der Waals surface area contributed by atoms with E-state index < -0.39 is 0 Å². The van der Waals surface area contributed by atoms with Gasteiger partial charge in [0.25, 0.3) is 0 Å². The van der Waals surface area contributed by atoms with Crippen molar-refractivity contribution in [2.75, 3.05) is 5.43 Å². The van der Waals surface area contributed by atoms with E-state index >= 15 is 0 Å². The molecule has 0 spiro atoms. The zero-order chi connectivity index (χ0) is 11.5. The lowest BCUT2D eigenvalue weighted by molar-refractivity contribution is 0.475. The normalized spacial score (nSPS) is 10.1. The van der Waals surface area contributed by atoms with E-state index in [1.807, 2.05) is 19.1 Å². The van der Waals surface area contributed by atoms with E-state index in [1.165, 1.54) is 0 Å². The molecule has 82 valence electrons. The molecule has 0 aliphatic carbocycles. The maximum atomic E-state index is 9.66. The van der Waals surface area contributed by atoms with Crippen molar-refractivity contribution in [3.8, 4) is 16.9 Å². The lowest BCUT2D eigenvalue weighted by atomic mass is 10.1. The van der Waals surface area contributed by atoms with Crippen molar-refractivity contribution in [3.05, 3.63) is 36.3 Å². The first-order valence-electron chi connectivity index (χ1n) is 4.80. The van der Waals surface area contributed by atoms with Crippen molar-refractivity contribution in [1.29, 1.82) is 0 Å². The number of hydrogen-bond acceptors (Lipinski definition) is 5. The van der Waals surface area contributed by atoms with Crippen molar-refractivity contribution in [2.24, 2.45) is 5.84 Å². The third-order valence-electron chi connectivity index (χ3n) is 2.32. The number of nitrogens with one attached hydrogen (secondary N) is 1. The molecule has 2 aromatic rings. The van der Waals surface area contributed by atoms with Gasteiger partial charge in [-0.25, -0.2) is 10.8 Å². The summed E-state index contributed by atoms with van der Waals surface area (Å²) in [5.74, 6) is 5.53. The Morgan fingerprint density at radius 2 is 2.00 bits per heavy atom. The number of nitrogens with zero attached hydrogens (tertiary/aromatic N) is 2. The summed E-state index contributed by atoms with van der Waals surface area (Å²) in [5.41, 5.74) is 4.95. The zero-order valence-electron chi connectivity index (χ0n) is 8.81. The number of hydrazine groups is 1. The topological polar surface area (TPSA) is 84.1 Å². The highest BCUT2D eigenvalue weighted by molar-refractivity contribution is 5.69. The number of aromatic hydroxyl groups is 1. The minimum atomic E-state index is 0.0277. The van der Waals surface area contributed by atoms with Crippen LogP contribution in [-0.2, 0) is 0 Å². The summed E-state index contributed by atoms with van der Waals surface area (Å²) >= 11 is 0. The van der Waals surface area contributed by atoms with Gasteiger partial charge in [-0.1, -0.05) is 0 Å². The summed E-state index contributed by atoms with van der Waals surface area (Å²) in [6.45, 7) is 1.86. The van der Waals surface area contributed by atoms with E-state index in [4.69, 9.17) is 5.84 Å². The minimum Gasteiger partial charge on any atom is -0.504 e. The Kier molecular flexibility index (Phi) is 2.70. The Labute approximate surface area is 92.9 Å². The zero-order valence-corrected chi connectivity index (χ0v) is 8.81. The third kappa shape index (κ3) is 1.80. The van der Waals surface area contributed by atoms with E-state index in [2.05, 4.69) is 15.4 Å². The number of rotatable bonds is 2. The summed E-state index contributed by atoms with van der Waals surface area (Å²) < 4.78 is 0. The number of nitrogen functional groups attached to an aromatic ring is 1. The Bertz CT molecular complexity index is 499. The van der Waals surface area contributed by atoms with Crippen molar-refractivity contribution < 1.29 is 5.11 Å². The van der Waals surface area contributed by atoms with Crippen LogP contribution in [0.25, 0.3) is 11.1 Å². The molecule has 0 saturated heterocycles. The van der Waals surface area contributed by atoms with Gasteiger partial charge >= 0.3 is 0 Å². The molecule has 16 heavy (non-hydrogen) atoms. The molecular formula is C11H12N4O. The second-order valence-corrected chi connectivity index (χ2v) is 3.37. The predicted octanol–water partition coefficient (Wildman–Crippen LogP) is 1.44. The van der Waals surface area contributed by atoms with Crippen LogP contribution in [-0.4, -0.2) is 15.1 Å². The third-order valence-corrected chi connectivity index (χ3v) is 2.32. The molecule has 0 atom stereocenters. The summed E-state index contributed by atoms with van der Waals surface area (Å²) in [6, 6.07) is 5.35. The lowest BCUT2D eigenvalue weighted by Crippen LogP contribution is -2.09. The lowest BCUT2D eigenvalue weighted by Gasteiger charge is -2.09. The summed E-state index contributed by atoms with van der Waals surface area (Å²) in [4.78, 5) is 8.10. The van der Waals surface area contributed by atoms with Gasteiger partial charge in [0.2, 0.25) is 0 Å². The van der Waals surface area contributed by atoms with Gasteiger partial charge in [-0.15, -0.1) is 0 Å². The van der Waals surface area contributed by atoms with Crippen molar-refractivity contribution in [1.82, 2.24) is 9.97 Å². The van der Waals surface area contributed by atoms with Crippen LogP contribution in [0.4, 0.5) is 5.82 Å². The molecule has 0 amide bonds. The average molecular weight is 216 g/mol. The van der Waals surface area contributed by atoms with Crippen LogP contribution in [0, 0.1) is 6.92 Å². The smallest absolute Gasteiger partial charge is 0.183 e. The fraction of sp³-hybridized carbons (Fsp3) is 0.0909. The highest BCUT2D eigenvalue weighted by atomic mass is 16.3. The number of aryl methyl sites for hydroxylation is 1. The summed E-state index contributed by atoms with van der Waals surface area (Å²) in [6.07, 6.45) is 3.39. The standard InChI is InChI=1S/C11H12N4O/c1-7-9(8-2-4-13-5-3-8)6-10(16)11(14-7)15-12/h2-6,16H,12H2,1H3,(H,14,15). The first-order valence-corrected chi connectivity index (χ1v) is 4.80. The maximum Gasteiger partial charge on any atom is 0.183 e. The number of nitrogens with two attached hydrogens (primary N) is 1. The van der Waals surface area contributed by atoms with Crippen LogP contribution < -0.4 is 11.3 Å². The van der Waals surface area contributed by atoms with Crippen LogP contribution in [0.15, 0.2) is 30.6 Å². The molecule has 0 saturated carbocycles. The molecule has 0 unspecified atom stereocenters. The first kappa shape index (κ1) is 10.4. The Morgan fingerprint density at radius 3 is 2.62 bits per heavy atom. The SMILES string of the molecule is Cc1nc(NN)c(O)cc1-c1ccncc1. The van der Waals surface area contributed by atoms with Crippen LogP contribution in [0.5, 0.6) is 5.75 Å². The fourth-order valence-corrected chi connectivity index (χ4v) is 1.52. The molecule has 0 aromatic carbocycles. The van der Waals surface area contributed by atoms with Crippen LogP contribution >= 0.6 is 0 Å². The van der Waals surface area contributed by atoms with E-state index in [1.54, 1.807) is 18.5 Å². The minimum absolute atomic E-state index is 0.0277. The second kappa shape index (κ2) is 4.16. The van der Waals surface area contributed by atoms with Gasteiger partial charge in [0.1, 0.15) is 0 Å². The fourth-order valence-electron chi connectivity index (χ4n) is 1.52. The molecule has 2 heterocycles. The van der Waals surface area contributed by atoms with Gasteiger partial charge in [-0.3, -0.25) is 4.98 Å². The molecule has 5 heteroatoms. The summed E-state index contributed by atoms with van der Waals surface area (Å²) in [5, 5.41) is 9.66. The molecule has 2 rings (SSSR count). The van der Waals surface area contributed by atoms with Gasteiger partial charge in [-0.2, -0.15) is 0 Å². The van der Waals surface area contributed by atoms with E-state index in [0.29, 0.717) is 0 Å². The molecule has 0 aliphatic rings. The van der Waals surface area contributed by atoms with E-state index in [0.717, 1.165) is 16.8 Å². The molecule has 4 N–H and O–H groups in total. The van der Waals surface area contributed by atoms with Crippen molar-refractivity contribution >= 4 is 5.82 Å². The maximum absolute atomic E-state index is 9.66. The molecule has 0 bridgehead atoms. The largest absolute Gasteiger partial charge is 0.504 e. The van der Waals surface area contributed by atoms with Crippen LogP contribution in [0.1, 0.15) is 5.69 Å². The number of anilines is 1. The Hall–Kier alpha value is -2.14. The first-order chi connectivity index (χ1) is 7.72. The van der Waals surface area contributed by atoms with E-state index in [9.17, 15) is 5.11 Å². The Balaban J connectivity index is 2.55. The molecule has 0 aliphatic heterocycles. The molecule has 0 fully saturated rings. The van der Waals surface area contributed by atoms with Crippen LogP contribution in [0.2, 0.25) is 0 Å². The summed E-state index contributed by atoms with van der Waals surface area (Å²) in [7, 11) is 0. The van der Waals surface area contributed by atoms with Gasteiger partial charge in [0, 0.05) is 23.7 Å². The number of pyridine rings is 2. The highest BCUT2D eigenvalue weighted by Gasteiger charge is 2.08. The monoisotopic (exact) mass is 216 g/mol. The molecule has 0 radical (unpaired) electrons.